The molecule has 0 aliphatic rings. The second kappa shape index (κ2) is 8.83. The summed E-state index contributed by atoms with van der Waals surface area (Å²) in [6.07, 6.45) is 0.181. The summed E-state index contributed by atoms with van der Waals surface area (Å²) in [4.78, 5) is 28.7. The van der Waals surface area contributed by atoms with Crippen molar-refractivity contribution in [2.75, 3.05) is 5.75 Å². The van der Waals surface area contributed by atoms with Gasteiger partial charge in [0.15, 0.2) is 10.1 Å². The number of benzene rings is 2. The molecule has 1 amide bonds. The smallest absolute Gasteiger partial charge is 0.222 e. The molecule has 7 heteroatoms. The van der Waals surface area contributed by atoms with Crippen molar-refractivity contribution in [3.63, 3.8) is 0 Å². The van der Waals surface area contributed by atoms with Crippen molar-refractivity contribution in [3.05, 3.63) is 70.7 Å². The van der Waals surface area contributed by atoms with Gasteiger partial charge in [0.2, 0.25) is 5.91 Å². The third-order valence-corrected chi connectivity index (χ3v) is 5.99. The van der Waals surface area contributed by atoms with Gasteiger partial charge >= 0.3 is 0 Å². The molecule has 5 nitrogen and oxygen atoms in total. The van der Waals surface area contributed by atoms with Crippen LogP contribution in [0, 0.1) is 6.92 Å². The third kappa shape index (κ3) is 5.42. The van der Waals surface area contributed by atoms with Crippen molar-refractivity contribution in [2.45, 2.75) is 17.7 Å². The molecule has 0 spiro atoms. The summed E-state index contributed by atoms with van der Waals surface area (Å²) in [6, 6.07) is 16.6. The molecule has 2 aromatic carbocycles. The molecule has 0 radical (unpaired) electrons. The Kier molecular flexibility index (Phi) is 6.26. The van der Waals surface area contributed by atoms with Crippen LogP contribution in [0.3, 0.4) is 0 Å². The fourth-order valence-electron chi connectivity index (χ4n) is 2.33. The Labute approximate surface area is 165 Å². The lowest BCUT2D eigenvalue weighted by Crippen LogP contribution is -2.13. The van der Waals surface area contributed by atoms with Crippen LogP contribution in [0.2, 0.25) is 0 Å². The predicted molar refractivity (Wildman–Crippen MR) is 108 cm³/mol. The molecular formula is C20H18N2O3S2. The lowest BCUT2D eigenvalue weighted by molar-refractivity contribution is -0.117. The van der Waals surface area contributed by atoms with Gasteiger partial charge in [-0.3, -0.25) is 9.59 Å². The first-order valence-electron chi connectivity index (χ1n) is 8.25. The van der Waals surface area contributed by atoms with Crippen LogP contribution in [0.25, 0.3) is 0 Å². The van der Waals surface area contributed by atoms with Crippen LogP contribution >= 0.6 is 23.1 Å². The van der Waals surface area contributed by atoms with Gasteiger partial charge in [-0.25, -0.2) is 4.98 Å². The zero-order valence-electron chi connectivity index (χ0n) is 14.7. The number of ketones is 1. The Morgan fingerprint density at radius 2 is 1.74 bits per heavy atom. The summed E-state index contributed by atoms with van der Waals surface area (Å²) in [7, 11) is 0. The van der Waals surface area contributed by atoms with Gasteiger partial charge in [-0.05, 0) is 43.3 Å². The number of aryl methyl sites for hydroxylation is 1. The van der Waals surface area contributed by atoms with Crippen molar-refractivity contribution in [1.29, 1.82) is 0 Å². The van der Waals surface area contributed by atoms with Gasteiger partial charge in [-0.2, -0.15) is 0 Å². The van der Waals surface area contributed by atoms with E-state index in [-0.39, 0.29) is 23.9 Å². The fourth-order valence-corrected chi connectivity index (χ4v) is 4.47. The largest absolute Gasteiger partial charge is 0.457 e. The minimum Gasteiger partial charge on any atom is -0.457 e. The van der Waals surface area contributed by atoms with Crippen LogP contribution in [0.1, 0.15) is 20.9 Å². The minimum absolute atomic E-state index is 0.00978. The van der Waals surface area contributed by atoms with Gasteiger partial charge in [-0.15, -0.1) is 11.3 Å². The molecule has 3 aromatic rings. The van der Waals surface area contributed by atoms with E-state index >= 15 is 0 Å². The summed E-state index contributed by atoms with van der Waals surface area (Å²) < 4.78 is 6.49. The number of nitrogens with two attached hydrogens (primary N) is 1. The monoisotopic (exact) mass is 398 g/mol. The molecule has 0 unspecified atom stereocenters. The number of ether oxygens (including phenoxy) is 1. The maximum atomic E-state index is 12.4. The second-order valence-electron chi connectivity index (χ2n) is 5.78. The number of Topliss-reactive ketones (excluding diaryl/α,β-unsaturated/α-hetero) is 1. The average molecular weight is 399 g/mol. The molecule has 1 aromatic heterocycles. The van der Waals surface area contributed by atoms with E-state index in [0.717, 1.165) is 20.7 Å². The zero-order valence-corrected chi connectivity index (χ0v) is 16.3. The number of carbonyl (C=O) groups is 2. The molecule has 27 heavy (non-hydrogen) atoms. The number of primary amides is 1. The Bertz CT molecular complexity index is 938. The van der Waals surface area contributed by atoms with Gasteiger partial charge in [0.05, 0.1) is 17.9 Å². The molecule has 1 heterocycles. The normalized spacial score (nSPS) is 10.6. The molecule has 0 atom stereocenters. The van der Waals surface area contributed by atoms with Crippen molar-refractivity contribution in [3.8, 4) is 11.5 Å². The first-order chi connectivity index (χ1) is 13.0. The minimum atomic E-state index is -0.382. The van der Waals surface area contributed by atoms with Crippen LogP contribution in [-0.4, -0.2) is 22.4 Å². The molecule has 138 valence electrons. The molecule has 3 rings (SSSR count). The van der Waals surface area contributed by atoms with E-state index in [2.05, 4.69) is 4.98 Å². The second-order valence-corrected chi connectivity index (χ2v) is 8.09. The number of amides is 1. The first kappa shape index (κ1) is 19.1. The molecule has 0 fully saturated rings. The zero-order chi connectivity index (χ0) is 19.2. The van der Waals surface area contributed by atoms with Crippen molar-refractivity contribution >= 4 is 34.8 Å². The van der Waals surface area contributed by atoms with Crippen LogP contribution in [0.4, 0.5) is 0 Å². The Balaban J connectivity index is 1.57. The van der Waals surface area contributed by atoms with E-state index in [1.165, 1.54) is 23.1 Å². The lowest BCUT2D eigenvalue weighted by Gasteiger charge is -2.06. The Hall–Kier alpha value is -2.64. The molecule has 0 aliphatic heterocycles. The topological polar surface area (TPSA) is 82.3 Å². The van der Waals surface area contributed by atoms with E-state index < -0.39 is 0 Å². The summed E-state index contributed by atoms with van der Waals surface area (Å²) in [5, 5.41) is 0. The quantitative estimate of drug-likeness (QED) is 0.453. The van der Waals surface area contributed by atoms with Crippen LogP contribution < -0.4 is 10.5 Å². The number of para-hydroxylation sites is 1. The SMILES string of the molecule is Cc1nc(SCC(=O)c2ccc(Oc3ccccc3)cc2)sc1CC(N)=O. The predicted octanol–water partition coefficient (Wildman–Crippen LogP) is 4.25. The number of rotatable bonds is 8. The summed E-state index contributed by atoms with van der Waals surface area (Å²) in [5.74, 6) is 1.33. The standard InChI is InChI=1S/C20H18N2O3S2/c1-13-18(11-19(21)24)27-20(22-13)26-12-17(23)14-7-9-16(10-8-14)25-15-5-3-2-4-6-15/h2-10H,11-12H2,1H3,(H2,21,24). The highest BCUT2D eigenvalue weighted by molar-refractivity contribution is 8.01. The number of aromatic nitrogens is 1. The third-order valence-electron chi connectivity index (χ3n) is 3.69. The molecule has 2 N–H and O–H groups in total. The van der Waals surface area contributed by atoms with Crippen LogP contribution in [0.5, 0.6) is 11.5 Å². The van der Waals surface area contributed by atoms with Crippen molar-refractivity contribution < 1.29 is 14.3 Å². The molecule has 0 saturated heterocycles. The van der Waals surface area contributed by atoms with Gasteiger partial charge in [0.25, 0.3) is 0 Å². The van der Waals surface area contributed by atoms with Crippen molar-refractivity contribution in [1.82, 2.24) is 4.98 Å². The van der Waals surface area contributed by atoms with E-state index in [4.69, 9.17) is 10.5 Å². The Morgan fingerprint density at radius 1 is 1.07 bits per heavy atom. The highest BCUT2D eigenvalue weighted by atomic mass is 32.2. The highest BCUT2D eigenvalue weighted by Crippen LogP contribution is 2.28. The number of hydrogen-bond acceptors (Lipinski definition) is 6. The number of thioether (sulfide) groups is 1. The highest BCUT2D eigenvalue weighted by Gasteiger charge is 2.13. The lowest BCUT2D eigenvalue weighted by atomic mass is 10.1. The fraction of sp³-hybridized carbons (Fsp3) is 0.150. The van der Waals surface area contributed by atoms with Crippen LogP contribution in [-0.2, 0) is 11.2 Å². The molecule has 0 saturated carbocycles. The molecule has 0 aliphatic carbocycles. The van der Waals surface area contributed by atoms with E-state index in [1.54, 1.807) is 24.3 Å². The summed E-state index contributed by atoms with van der Waals surface area (Å²) >= 11 is 2.77. The maximum Gasteiger partial charge on any atom is 0.222 e. The van der Waals surface area contributed by atoms with Gasteiger partial charge in [-0.1, -0.05) is 30.0 Å². The van der Waals surface area contributed by atoms with Gasteiger partial charge < -0.3 is 10.5 Å². The average Bonchev–Trinajstić information content (AvgIpc) is 3.00. The summed E-state index contributed by atoms with van der Waals surface area (Å²) in [5.41, 5.74) is 6.64. The number of carbonyl (C=O) groups excluding carboxylic acids is 2. The first-order valence-corrected chi connectivity index (χ1v) is 10.0. The number of thiazole rings is 1. The molecular weight excluding hydrogens is 380 g/mol. The van der Waals surface area contributed by atoms with E-state index in [9.17, 15) is 9.59 Å². The van der Waals surface area contributed by atoms with E-state index in [1.807, 2.05) is 37.3 Å². The number of nitrogens with zero attached hydrogens (tertiary/aromatic N) is 1. The number of hydrogen-bond donors (Lipinski definition) is 1. The maximum absolute atomic E-state index is 12.4. The Morgan fingerprint density at radius 3 is 2.41 bits per heavy atom. The van der Waals surface area contributed by atoms with Crippen LogP contribution in [0.15, 0.2) is 58.9 Å². The van der Waals surface area contributed by atoms with E-state index in [0.29, 0.717) is 11.3 Å². The van der Waals surface area contributed by atoms with Gasteiger partial charge in [0, 0.05) is 10.4 Å². The van der Waals surface area contributed by atoms with Crippen molar-refractivity contribution in [2.24, 2.45) is 5.73 Å². The van der Waals surface area contributed by atoms with Gasteiger partial charge in [0.1, 0.15) is 11.5 Å². The summed E-state index contributed by atoms with van der Waals surface area (Å²) in [6.45, 7) is 1.84. The molecule has 0 bridgehead atoms.